The summed E-state index contributed by atoms with van der Waals surface area (Å²) in [4.78, 5) is 25.3. The fourth-order valence-corrected chi connectivity index (χ4v) is 5.13. The second-order valence-electron chi connectivity index (χ2n) is 9.49. The zero-order valence-electron chi connectivity index (χ0n) is 17.6. The minimum absolute atomic E-state index is 0.101. The molecule has 0 radical (unpaired) electrons. The van der Waals surface area contributed by atoms with Gasteiger partial charge in [0.2, 0.25) is 5.91 Å². The number of rotatable bonds is 10. The Bertz CT molecular complexity index is 792. The molecule has 2 atom stereocenters. The molecule has 30 heavy (non-hydrogen) atoms. The second kappa shape index (κ2) is 8.93. The number of aliphatic hydroxyl groups is 1. The Morgan fingerprint density at radius 3 is 2.53 bits per heavy atom. The summed E-state index contributed by atoms with van der Waals surface area (Å²) in [5, 5.41) is 19.8. The van der Waals surface area contributed by atoms with Gasteiger partial charge >= 0.3 is 5.97 Å². The third-order valence-corrected chi connectivity index (χ3v) is 7.38. The van der Waals surface area contributed by atoms with Crippen molar-refractivity contribution in [3.05, 3.63) is 47.5 Å². The van der Waals surface area contributed by atoms with Crippen LogP contribution in [-0.4, -0.2) is 45.7 Å². The van der Waals surface area contributed by atoms with E-state index in [0.29, 0.717) is 25.8 Å². The second-order valence-corrected chi connectivity index (χ2v) is 9.49. The van der Waals surface area contributed by atoms with Crippen molar-refractivity contribution < 1.29 is 19.8 Å². The van der Waals surface area contributed by atoms with E-state index in [4.69, 9.17) is 5.11 Å². The van der Waals surface area contributed by atoms with Crippen LogP contribution in [0.5, 0.6) is 0 Å². The Morgan fingerprint density at radius 1 is 1.20 bits per heavy atom. The molecule has 3 fully saturated rings. The molecule has 5 nitrogen and oxygen atoms in total. The number of benzene rings is 1. The summed E-state index contributed by atoms with van der Waals surface area (Å²) in [5.41, 5.74) is 1.46. The Hall–Kier alpha value is -2.14. The van der Waals surface area contributed by atoms with Crippen molar-refractivity contribution in [1.82, 2.24) is 4.90 Å². The first-order valence-electron chi connectivity index (χ1n) is 11.4. The van der Waals surface area contributed by atoms with Crippen molar-refractivity contribution in [2.45, 2.75) is 76.4 Å². The fraction of sp³-hybridized carbons (Fsp3) is 0.600. The fourth-order valence-electron chi connectivity index (χ4n) is 5.13. The number of carbonyl (C=O) groups excluding carboxylic acids is 1. The number of nitrogens with zero attached hydrogens (tertiary/aromatic N) is 1. The van der Waals surface area contributed by atoms with Crippen LogP contribution >= 0.6 is 0 Å². The van der Waals surface area contributed by atoms with Gasteiger partial charge in [-0.05, 0) is 67.6 Å². The van der Waals surface area contributed by atoms with Crippen LogP contribution in [0.3, 0.4) is 0 Å². The van der Waals surface area contributed by atoms with Crippen LogP contribution in [0.15, 0.2) is 36.4 Å². The summed E-state index contributed by atoms with van der Waals surface area (Å²) in [7, 11) is 0. The van der Waals surface area contributed by atoms with Gasteiger partial charge in [-0.3, -0.25) is 4.79 Å². The molecule has 0 bridgehead atoms. The van der Waals surface area contributed by atoms with Crippen LogP contribution in [0, 0.1) is 11.3 Å². The third-order valence-electron chi connectivity index (χ3n) is 7.38. The van der Waals surface area contributed by atoms with Crippen LogP contribution < -0.4 is 0 Å². The smallest absolute Gasteiger partial charge is 0.335 e. The van der Waals surface area contributed by atoms with Crippen molar-refractivity contribution in [1.29, 1.82) is 0 Å². The number of hydrogen-bond donors (Lipinski definition) is 2. The van der Waals surface area contributed by atoms with E-state index in [9.17, 15) is 14.7 Å². The predicted molar refractivity (Wildman–Crippen MR) is 115 cm³/mol. The van der Waals surface area contributed by atoms with E-state index in [2.05, 4.69) is 12.2 Å². The molecular weight excluding hydrogens is 378 g/mol. The largest absolute Gasteiger partial charge is 0.478 e. The van der Waals surface area contributed by atoms with Crippen LogP contribution in [0.1, 0.15) is 73.7 Å². The molecule has 2 unspecified atom stereocenters. The summed E-state index contributed by atoms with van der Waals surface area (Å²) in [6.45, 7) is 0.633. The Balaban J connectivity index is 1.29. The highest BCUT2D eigenvalue weighted by Gasteiger charge is 2.46. The maximum absolute atomic E-state index is 12.4. The number of carboxylic acid groups (broad SMARTS) is 1. The molecule has 162 valence electrons. The molecule has 2 saturated carbocycles. The zero-order chi connectivity index (χ0) is 21.1. The SMILES string of the molecule is O=C(O)c1ccc(CCN2C(=O)CCC2C=CCC(O)C2(CC3CC3)CCC2)cc1. The maximum atomic E-state index is 12.4. The lowest BCUT2D eigenvalue weighted by atomic mass is 9.61. The molecule has 1 saturated heterocycles. The summed E-state index contributed by atoms with van der Waals surface area (Å²) in [6.07, 6.45) is 14.2. The van der Waals surface area contributed by atoms with E-state index in [1.54, 1.807) is 12.1 Å². The van der Waals surface area contributed by atoms with Gasteiger partial charge in [-0.1, -0.05) is 43.5 Å². The summed E-state index contributed by atoms with van der Waals surface area (Å²) < 4.78 is 0. The number of amides is 1. The topological polar surface area (TPSA) is 77.8 Å². The Morgan fingerprint density at radius 2 is 1.93 bits per heavy atom. The van der Waals surface area contributed by atoms with Crippen LogP contribution in [-0.2, 0) is 11.2 Å². The molecule has 1 aromatic carbocycles. The number of carboxylic acids is 1. The first-order valence-corrected chi connectivity index (χ1v) is 11.4. The Kier molecular flexibility index (Phi) is 6.28. The molecule has 5 heteroatoms. The highest BCUT2D eigenvalue weighted by atomic mass is 16.4. The van der Waals surface area contributed by atoms with Crippen molar-refractivity contribution in [2.75, 3.05) is 6.54 Å². The van der Waals surface area contributed by atoms with Crippen LogP contribution in [0.2, 0.25) is 0 Å². The summed E-state index contributed by atoms with van der Waals surface area (Å²) >= 11 is 0. The highest BCUT2D eigenvalue weighted by Crippen LogP contribution is 2.53. The van der Waals surface area contributed by atoms with E-state index < -0.39 is 5.97 Å². The van der Waals surface area contributed by atoms with E-state index >= 15 is 0 Å². The molecule has 1 amide bonds. The predicted octanol–water partition coefficient (Wildman–Crippen LogP) is 4.20. The van der Waals surface area contributed by atoms with Gasteiger partial charge in [0.25, 0.3) is 0 Å². The Labute approximate surface area is 178 Å². The van der Waals surface area contributed by atoms with Crippen molar-refractivity contribution in [3.8, 4) is 0 Å². The lowest BCUT2D eigenvalue weighted by Crippen LogP contribution is -2.41. The molecule has 0 aromatic heterocycles. The minimum Gasteiger partial charge on any atom is -0.478 e. The van der Waals surface area contributed by atoms with Gasteiger partial charge in [0.1, 0.15) is 0 Å². The van der Waals surface area contributed by atoms with Gasteiger partial charge in [-0.25, -0.2) is 4.79 Å². The quantitative estimate of drug-likeness (QED) is 0.566. The number of likely N-dealkylation sites (tertiary alicyclic amines) is 1. The van der Waals surface area contributed by atoms with Crippen molar-refractivity contribution >= 4 is 11.9 Å². The lowest BCUT2D eigenvalue weighted by molar-refractivity contribution is -0.128. The van der Waals surface area contributed by atoms with E-state index in [0.717, 1.165) is 30.7 Å². The van der Waals surface area contributed by atoms with Gasteiger partial charge in [0.15, 0.2) is 0 Å². The van der Waals surface area contributed by atoms with Gasteiger partial charge in [0, 0.05) is 13.0 Å². The van der Waals surface area contributed by atoms with E-state index in [-0.39, 0.29) is 29.0 Å². The van der Waals surface area contributed by atoms with Gasteiger partial charge < -0.3 is 15.1 Å². The average molecular weight is 412 g/mol. The molecule has 0 spiro atoms. The lowest BCUT2D eigenvalue weighted by Gasteiger charge is -2.46. The monoisotopic (exact) mass is 411 g/mol. The first-order chi connectivity index (χ1) is 14.5. The average Bonchev–Trinajstić information content (AvgIpc) is 3.46. The number of carbonyl (C=O) groups is 2. The van der Waals surface area contributed by atoms with E-state index in [1.165, 1.54) is 25.7 Å². The number of aliphatic hydroxyl groups excluding tert-OH is 1. The maximum Gasteiger partial charge on any atom is 0.335 e. The molecule has 1 heterocycles. The van der Waals surface area contributed by atoms with Gasteiger partial charge in [-0.2, -0.15) is 0 Å². The van der Waals surface area contributed by atoms with Gasteiger partial charge in [-0.15, -0.1) is 0 Å². The molecular formula is C25H33NO4. The third kappa shape index (κ3) is 4.77. The van der Waals surface area contributed by atoms with Gasteiger partial charge in [0.05, 0.1) is 17.7 Å². The first kappa shape index (κ1) is 21.1. The number of aromatic carboxylic acids is 1. The molecule has 2 aliphatic carbocycles. The van der Waals surface area contributed by atoms with Crippen LogP contribution in [0.25, 0.3) is 0 Å². The minimum atomic E-state index is -0.926. The zero-order valence-corrected chi connectivity index (χ0v) is 17.6. The summed E-state index contributed by atoms with van der Waals surface area (Å²) in [6, 6.07) is 6.97. The summed E-state index contributed by atoms with van der Waals surface area (Å²) in [5.74, 6) is 0.0949. The molecule has 4 rings (SSSR count). The standard InChI is InChI=1S/C25H33NO4/c27-22(25(14-2-15-25)17-19-5-6-19)4-1-3-21-11-12-23(28)26(21)16-13-18-7-9-20(10-8-18)24(29)30/h1,3,7-10,19,21-22,27H,2,4-6,11-17H2,(H,29,30). The van der Waals surface area contributed by atoms with Crippen molar-refractivity contribution in [2.24, 2.45) is 11.3 Å². The van der Waals surface area contributed by atoms with Crippen LogP contribution in [0.4, 0.5) is 0 Å². The normalized spacial score (nSPS) is 24.2. The molecule has 1 aliphatic heterocycles. The molecule has 2 N–H and O–H groups in total. The van der Waals surface area contributed by atoms with Crippen molar-refractivity contribution in [3.63, 3.8) is 0 Å². The number of hydrogen-bond acceptors (Lipinski definition) is 3. The highest BCUT2D eigenvalue weighted by molar-refractivity contribution is 5.87. The molecule has 1 aromatic rings. The van der Waals surface area contributed by atoms with E-state index in [1.807, 2.05) is 17.0 Å². The molecule has 3 aliphatic rings.